The molecule has 0 radical (unpaired) electrons. The summed E-state index contributed by atoms with van der Waals surface area (Å²) >= 11 is 6.39. The Kier molecular flexibility index (Phi) is 8.73. The maximum Gasteiger partial charge on any atom is 0.310 e. The third-order valence-electron chi connectivity index (χ3n) is 6.94. The summed E-state index contributed by atoms with van der Waals surface area (Å²) in [7, 11) is 1.68. The molecule has 1 aromatic carbocycles. The molecule has 2 aromatic rings. The first-order valence-electron chi connectivity index (χ1n) is 12.9. The minimum atomic E-state index is -0.505. The first-order valence-corrected chi connectivity index (χ1v) is 13.3. The van der Waals surface area contributed by atoms with E-state index in [9.17, 15) is 4.79 Å². The first kappa shape index (κ1) is 26.7. The number of hydrogen-bond acceptors (Lipinski definition) is 7. The fourth-order valence-corrected chi connectivity index (χ4v) is 5.32. The lowest BCUT2D eigenvalue weighted by Crippen LogP contribution is -2.35. The monoisotopic (exact) mass is 515 g/mol. The number of rotatable bonds is 10. The van der Waals surface area contributed by atoms with Gasteiger partial charge in [0.2, 0.25) is 5.95 Å². The van der Waals surface area contributed by atoms with Crippen molar-refractivity contribution in [1.29, 1.82) is 0 Å². The average Bonchev–Trinajstić information content (AvgIpc) is 3.60. The third-order valence-corrected chi connectivity index (χ3v) is 7.30. The summed E-state index contributed by atoms with van der Waals surface area (Å²) in [6, 6.07) is 5.53. The molecule has 1 aliphatic carbocycles. The number of nitrogens with zero attached hydrogens (tertiary/aromatic N) is 3. The summed E-state index contributed by atoms with van der Waals surface area (Å²) in [6.07, 6.45) is 8.62. The van der Waals surface area contributed by atoms with E-state index in [-0.39, 0.29) is 12.4 Å². The second-order valence-electron chi connectivity index (χ2n) is 11.0. The van der Waals surface area contributed by atoms with E-state index in [1.165, 1.54) is 19.3 Å². The van der Waals surface area contributed by atoms with Crippen LogP contribution in [0.5, 0.6) is 5.75 Å². The molecule has 0 bridgehead atoms. The normalized spacial score (nSPS) is 20.3. The van der Waals surface area contributed by atoms with Crippen LogP contribution in [-0.4, -0.2) is 48.3 Å². The standard InChI is InChI=1S/C28H38ClN3O4/c1-28(2,3)36-26(33)14-22-5-6-23(15-25(22)29)35-12-9-21-13-24(21)20-7-10-32(11-8-20)27-30-16-19(17-31-27)18-34-4/h5-6,15-17,20-21,24H,7-14,18H2,1-4H3/t21-,24-/m1/s1. The lowest BCUT2D eigenvalue weighted by atomic mass is 9.90. The van der Waals surface area contributed by atoms with Crippen LogP contribution in [0.2, 0.25) is 5.02 Å². The Bertz CT molecular complexity index is 1020. The number of piperidine rings is 1. The van der Waals surface area contributed by atoms with Gasteiger partial charge in [-0.05, 0) is 81.9 Å². The van der Waals surface area contributed by atoms with Crippen molar-refractivity contribution in [1.82, 2.24) is 9.97 Å². The molecule has 4 rings (SSSR count). The summed E-state index contributed by atoms with van der Waals surface area (Å²) in [6.45, 7) is 8.83. The molecule has 2 heterocycles. The summed E-state index contributed by atoms with van der Waals surface area (Å²) in [4.78, 5) is 23.4. The van der Waals surface area contributed by atoms with E-state index in [1.807, 2.05) is 45.3 Å². The smallest absolute Gasteiger partial charge is 0.310 e. The van der Waals surface area contributed by atoms with Crippen LogP contribution in [0.3, 0.4) is 0 Å². The second-order valence-corrected chi connectivity index (χ2v) is 11.4. The number of aromatic nitrogens is 2. The summed E-state index contributed by atoms with van der Waals surface area (Å²) in [5.74, 6) is 3.62. The zero-order chi connectivity index (χ0) is 25.7. The Balaban J connectivity index is 1.16. The van der Waals surface area contributed by atoms with Crippen LogP contribution >= 0.6 is 11.6 Å². The van der Waals surface area contributed by atoms with Crippen molar-refractivity contribution in [3.8, 4) is 5.75 Å². The Morgan fingerprint density at radius 2 is 1.89 bits per heavy atom. The number of esters is 1. The van der Waals surface area contributed by atoms with Crippen molar-refractivity contribution in [2.24, 2.45) is 17.8 Å². The van der Waals surface area contributed by atoms with E-state index >= 15 is 0 Å². The van der Waals surface area contributed by atoms with Gasteiger partial charge in [0.1, 0.15) is 11.4 Å². The van der Waals surface area contributed by atoms with E-state index in [0.29, 0.717) is 18.2 Å². The Morgan fingerprint density at radius 3 is 2.53 bits per heavy atom. The average molecular weight is 516 g/mol. The molecule has 2 fully saturated rings. The quantitative estimate of drug-likeness (QED) is 0.388. The van der Waals surface area contributed by atoms with Crippen molar-refractivity contribution in [3.05, 3.63) is 46.7 Å². The molecule has 36 heavy (non-hydrogen) atoms. The second kappa shape index (κ2) is 11.8. The van der Waals surface area contributed by atoms with Crippen LogP contribution in [0.15, 0.2) is 30.6 Å². The van der Waals surface area contributed by atoms with Gasteiger partial charge in [0.05, 0.1) is 19.6 Å². The predicted octanol–water partition coefficient (Wildman–Crippen LogP) is 5.48. The molecule has 1 aliphatic heterocycles. The fourth-order valence-electron chi connectivity index (χ4n) is 5.08. The molecule has 8 heteroatoms. The topological polar surface area (TPSA) is 73.8 Å². The number of hydrogen-bond donors (Lipinski definition) is 0. The van der Waals surface area contributed by atoms with Crippen LogP contribution < -0.4 is 9.64 Å². The van der Waals surface area contributed by atoms with E-state index in [0.717, 1.165) is 60.1 Å². The highest BCUT2D eigenvalue weighted by molar-refractivity contribution is 6.31. The van der Waals surface area contributed by atoms with Crippen molar-refractivity contribution < 1.29 is 19.0 Å². The largest absolute Gasteiger partial charge is 0.494 e. The van der Waals surface area contributed by atoms with Gasteiger partial charge in [-0.2, -0.15) is 0 Å². The fraction of sp³-hybridized carbons (Fsp3) is 0.607. The van der Waals surface area contributed by atoms with Gasteiger partial charge in [0, 0.05) is 43.2 Å². The molecule has 0 amide bonds. The van der Waals surface area contributed by atoms with E-state index in [2.05, 4.69) is 14.9 Å². The van der Waals surface area contributed by atoms with E-state index in [4.69, 9.17) is 25.8 Å². The SMILES string of the molecule is COCc1cnc(N2CCC([C@H]3C[C@H]3CCOc3ccc(CC(=O)OC(C)(C)C)c(Cl)c3)CC2)nc1. The number of ether oxygens (including phenoxy) is 3. The zero-order valence-electron chi connectivity index (χ0n) is 21.8. The summed E-state index contributed by atoms with van der Waals surface area (Å²) in [5.41, 5.74) is 1.25. The van der Waals surface area contributed by atoms with Gasteiger partial charge in [0.15, 0.2) is 0 Å². The molecule has 1 saturated heterocycles. The lowest BCUT2D eigenvalue weighted by Gasteiger charge is -2.32. The molecule has 1 saturated carbocycles. The minimum absolute atomic E-state index is 0.157. The van der Waals surface area contributed by atoms with Crippen LogP contribution in [-0.2, 0) is 27.3 Å². The third kappa shape index (κ3) is 7.56. The van der Waals surface area contributed by atoms with Crippen LogP contribution in [0.25, 0.3) is 0 Å². The molecule has 0 N–H and O–H groups in total. The molecule has 196 valence electrons. The highest BCUT2D eigenvalue weighted by Crippen LogP contribution is 2.49. The first-order chi connectivity index (χ1) is 17.2. The predicted molar refractivity (Wildman–Crippen MR) is 140 cm³/mol. The van der Waals surface area contributed by atoms with Crippen molar-refractivity contribution in [2.45, 2.75) is 65.1 Å². The highest BCUT2D eigenvalue weighted by Gasteiger charge is 2.43. The maximum absolute atomic E-state index is 12.1. The molecule has 7 nitrogen and oxygen atoms in total. The highest BCUT2D eigenvalue weighted by atomic mass is 35.5. The minimum Gasteiger partial charge on any atom is -0.494 e. The summed E-state index contributed by atoms with van der Waals surface area (Å²) in [5, 5.41) is 0.534. The van der Waals surface area contributed by atoms with Gasteiger partial charge in [-0.3, -0.25) is 4.79 Å². The molecule has 0 spiro atoms. The molecule has 2 aliphatic rings. The lowest BCUT2D eigenvalue weighted by molar-refractivity contribution is -0.153. The van der Waals surface area contributed by atoms with Crippen LogP contribution in [0, 0.1) is 17.8 Å². The molecule has 2 atom stereocenters. The van der Waals surface area contributed by atoms with Gasteiger partial charge >= 0.3 is 5.97 Å². The van der Waals surface area contributed by atoms with E-state index in [1.54, 1.807) is 13.2 Å². The Hall–Kier alpha value is -2.38. The summed E-state index contributed by atoms with van der Waals surface area (Å²) < 4.78 is 16.5. The van der Waals surface area contributed by atoms with Crippen molar-refractivity contribution >= 4 is 23.5 Å². The number of benzene rings is 1. The molecule has 1 aromatic heterocycles. The molecular weight excluding hydrogens is 478 g/mol. The van der Waals surface area contributed by atoms with E-state index < -0.39 is 5.60 Å². The van der Waals surface area contributed by atoms with Gasteiger partial charge in [-0.1, -0.05) is 17.7 Å². The number of halogens is 1. The number of methoxy groups -OCH3 is 1. The maximum atomic E-state index is 12.1. The van der Waals surface area contributed by atoms with Crippen molar-refractivity contribution in [3.63, 3.8) is 0 Å². The van der Waals surface area contributed by atoms with Gasteiger partial charge < -0.3 is 19.1 Å². The molecule has 0 unspecified atom stereocenters. The number of carbonyl (C=O) groups excluding carboxylic acids is 1. The Morgan fingerprint density at radius 1 is 1.17 bits per heavy atom. The van der Waals surface area contributed by atoms with Crippen molar-refractivity contribution in [2.75, 3.05) is 31.7 Å². The van der Waals surface area contributed by atoms with Gasteiger partial charge in [0.25, 0.3) is 0 Å². The zero-order valence-corrected chi connectivity index (χ0v) is 22.6. The number of anilines is 1. The van der Waals surface area contributed by atoms with Crippen LogP contribution in [0.1, 0.15) is 57.6 Å². The van der Waals surface area contributed by atoms with Crippen LogP contribution in [0.4, 0.5) is 5.95 Å². The molecular formula is C28H38ClN3O4. The van der Waals surface area contributed by atoms with Gasteiger partial charge in [-0.15, -0.1) is 0 Å². The van der Waals surface area contributed by atoms with Gasteiger partial charge in [-0.25, -0.2) is 9.97 Å². The Labute approximate surface area is 219 Å². The number of carbonyl (C=O) groups is 1.